The van der Waals surface area contributed by atoms with E-state index in [-0.39, 0.29) is 22.2 Å². The summed E-state index contributed by atoms with van der Waals surface area (Å²) in [6.45, 7) is 2.29. The molecule has 3 nitrogen and oxygen atoms in total. The molecule has 0 amide bonds. The fraction of sp³-hybridized carbons (Fsp3) is 0.389. The summed E-state index contributed by atoms with van der Waals surface area (Å²) in [6.07, 6.45) is 10.7. The first kappa shape index (κ1) is 13.9. The average molecular weight is 313 g/mol. The molecule has 2 heterocycles. The molecule has 4 atom stereocenters. The minimum Gasteiger partial charge on any atom is -0.504 e. The van der Waals surface area contributed by atoms with Crippen molar-refractivity contribution in [1.29, 1.82) is 0 Å². The minimum atomic E-state index is -0.0680. The Morgan fingerprint density at radius 3 is 2.95 bits per heavy atom. The monoisotopic (exact) mass is 313 g/mol. The van der Waals surface area contributed by atoms with Gasteiger partial charge in [0.2, 0.25) is 0 Å². The molecule has 4 rings (SSSR count). The van der Waals surface area contributed by atoms with Gasteiger partial charge in [0, 0.05) is 17.4 Å². The molecule has 1 fully saturated rings. The lowest BCUT2D eigenvalue weighted by Crippen LogP contribution is -2.40. The average Bonchev–Trinajstić information content (AvgIpc) is 2.84. The van der Waals surface area contributed by atoms with Crippen LogP contribution in [0.25, 0.3) is 0 Å². The molecular weight excluding hydrogens is 294 g/mol. The van der Waals surface area contributed by atoms with Crippen LogP contribution in [0.4, 0.5) is 0 Å². The summed E-state index contributed by atoms with van der Waals surface area (Å²) in [4.78, 5) is 4.75. The zero-order chi connectivity index (χ0) is 15.3. The van der Waals surface area contributed by atoms with E-state index in [9.17, 15) is 10.2 Å². The standard InChI is InChI=1S/C18H19NO2S/c1-11-8-14-13(12-5-6-15(20)16(21)9-12)10-19-17-4-2-3-7-18(14,17)22-11/h2-6,9-11,13-14,20-21H,7-8H2,1H3. The zero-order valence-corrected chi connectivity index (χ0v) is 13.3. The molecule has 1 aromatic carbocycles. The van der Waals surface area contributed by atoms with Gasteiger partial charge in [0.1, 0.15) is 0 Å². The van der Waals surface area contributed by atoms with Crippen LogP contribution in [-0.4, -0.2) is 26.4 Å². The van der Waals surface area contributed by atoms with Crippen LogP contribution >= 0.6 is 11.8 Å². The Morgan fingerprint density at radius 2 is 2.14 bits per heavy atom. The van der Waals surface area contributed by atoms with Gasteiger partial charge < -0.3 is 10.2 Å². The van der Waals surface area contributed by atoms with Gasteiger partial charge in [0.15, 0.2) is 11.5 Å². The summed E-state index contributed by atoms with van der Waals surface area (Å²) in [5.41, 5.74) is 2.22. The van der Waals surface area contributed by atoms with E-state index < -0.39 is 0 Å². The predicted octanol–water partition coefficient (Wildman–Crippen LogP) is 3.99. The van der Waals surface area contributed by atoms with E-state index in [1.165, 1.54) is 5.70 Å². The van der Waals surface area contributed by atoms with Gasteiger partial charge in [-0.3, -0.25) is 4.99 Å². The zero-order valence-electron chi connectivity index (χ0n) is 12.4. The molecule has 22 heavy (non-hydrogen) atoms. The second-order valence-corrected chi connectivity index (χ2v) is 8.17. The summed E-state index contributed by atoms with van der Waals surface area (Å²) >= 11 is 2.04. The second-order valence-electron chi connectivity index (χ2n) is 6.40. The Balaban J connectivity index is 1.80. The maximum absolute atomic E-state index is 9.83. The quantitative estimate of drug-likeness (QED) is 0.771. The van der Waals surface area contributed by atoms with Gasteiger partial charge in [0.05, 0.1) is 10.4 Å². The summed E-state index contributed by atoms with van der Waals surface area (Å²) in [7, 11) is 0. The molecule has 1 spiro atoms. The molecule has 0 radical (unpaired) electrons. The normalized spacial score (nSPS) is 35.9. The number of allylic oxidation sites excluding steroid dienone is 3. The Bertz CT molecular complexity index is 709. The van der Waals surface area contributed by atoms with Crippen LogP contribution in [0.1, 0.15) is 31.2 Å². The highest BCUT2D eigenvalue weighted by Crippen LogP contribution is 2.60. The molecule has 1 aliphatic carbocycles. The van der Waals surface area contributed by atoms with Crippen LogP contribution in [0, 0.1) is 5.92 Å². The molecule has 114 valence electrons. The van der Waals surface area contributed by atoms with Crippen molar-refractivity contribution in [2.24, 2.45) is 10.9 Å². The number of rotatable bonds is 1. The number of hydrogen-bond donors (Lipinski definition) is 2. The highest BCUT2D eigenvalue weighted by molar-refractivity contribution is 8.01. The van der Waals surface area contributed by atoms with Gasteiger partial charge in [-0.15, -0.1) is 11.8 Å². The van der Waals surface area contributed by atoms with Crippen molar-refractivity contribution in [3.8, 4) is 11.5 Å². The minimum absolute atomic E-state index is 0.0523. The van der Waals surface area contributed by atoms with Crippen LogP contribution in [-0.2, 0) is 0 Å². The highest BCUT2D eigenvalue weighted by atomic mass is 32.2. The van der Waals surface area contributed by atoms with E-state index in [4.69, 9.17) is 4.99 Å². The van der Waals surface area contributed by atoms with E-state index in [1.807, 2.05) is 24.0 Å². The Kier molecular flexibility index (Phi) is 3.12. The molecule has 1 saturated heterocycles. The second kappa shape index (κ2) is 4.92. The smallest absolute Gasteiger partial charge is 0.157 e. The molecular formula is C18H19NO2S. The van der Waals surface area contributed by atoms with E-state index in [0.717, 1.165) is 18.4 Å². The van der Waals surface area contributed by atoms with Crippen molar-refractivity contribution in [3.63, 3.8) is 0 Å². The number of benzene rings is 1. The van der Waals surface area contributed by atoms with Crippen molar-refractivity contribution in [3.05, 3.63) is 47.7 Å². The van der Waals surface area contributed by atoms with E-state index in [1.54, 1.807) is 12.1 Å². The summed E-state index contributed by atoms with van der Waals surface area (Å²) < 4.78 is 0.0705. The summed E-state index contributed by atoms with van der Waals surface area (Å²) in [6, 6.07) is 5.16. The number of thioether (sulfide) groups is 1. The molecule has 2 aliphatic heterocycles. The van der Waals surface area contributed by atoms with E-state index >= 15 is 0 Å². The van der Waals surface area contributed by atoms with E-state index in [0.29, 0.717) is 11.2 Å². The van der Waals surface area contributed by atoms with Gasteiger partial charge in [0.25, 0.3) is 0 Å². The summed E-state index contributed by atoms with van der Waals surface area (Å²) in [5.74, 6) is 0.544. The molecule has 0 aromatic heterocycles. The fourth-order valence-electron chi connectivity index (χ4n) is 4.06. The van der Waals surface area contributed by atoms with Crippen LogP contribution in [0.3, 0.4) is 0 Å². The largest absolute Gasteiger partial charge is 0.504 e. The van der Waals surface area contributed by atoms with Crippen molar-refractivity contribution in [2.75, 3.05) is 0 Å². The number of phenols is 2. The topological polar surface area (TPSA) is 52.8 Å². The highest BCUT2D eigenvalue weighted by Gasteiger charge is 2.53. The number of aromatic hydroxyl groups is 2. The fourth-order valence-corrected chi connectivity index (χ4v) is 5.93. The lowest BCUT2D eigenvalue weighted by Gasteiger charge is -2.42. The molecule has 4 heteroatoms. The van der Waals surface area contributed by atoms with Crippen molar-refractivity contribution < 1.29 is 10.2 Å². The maximum atomic E-state index is 9.83. The SMILES string of the molecule is CC1CC2C(c3ccc(O)c(O)c3)C=NC3=CC=CCC32S1. The maximum Gasteiger partial charge on any atom is 0.157 e. The lowest BCUT2D eigenvalue weighted by molar-refractivity contribution is 0.379. The molecule has 4 unspecified atom stereocenters. The molecule has 2 N–H and O–H groups in total. The first-order valence-electron chi connectivity index (χ1n) is 7.71. The van der Waals surface area contributed by atoms with Gasteiger partial charge >= 0.3 is 0 Å². The number of phenolic OH excluding ortho intramolecular Hbond substituents is 2. The first-order chi connectivity index (χ1) is 10.6. The Labute approximate surface area is 134 Å². The lowest BCUT2D eigenvalue weighted by atomic mass is 9.70. The van der Waals surface area contributed by atoms with Gasteiger partial charge in [-0.25, -0.2) is 0 Å². The number of nitrogens with zero attached hydrogens (tertiary/aromatic N) is 1. The van der Waals surface area contributed by atoms with Crippen LogP contribution in [0.15, 0.2) is 47.1 Å². The predicted molar refractivity (Wildman–Crippen MR) is 90.7 cm³/mol. The van der Waals surface area contributed by atoms with Crippen molar-refractivity contribution in [2.45, 2.75) is 35.7 Å². The van der Waals surface area contributed by atoms with Crippen LogP contribution < -0.4 is 0 Å². The third-order valence-corrected chi connectivity index (χ3v) is 6.73. The van der Waals surface area contributed by atoms with E-state index in [2.05, 4.69) is 25.2 Å². The van der Waals surface area contributed by atoms with Gasteiger partial charge in [-0.2, -0.15) is 0 Å². The molecule has 1 aromatic rings. The Morgan fingerprint density at radius 1 is 1.27 bits per heavy atom. The van der Waals surface area contributed by atoms with Gasteiger partial charge in [-0.1, -0.05) is 25.1 Å². The third kappa shape index (κ3) is 1.93. The number of aliphatic imine (C=N–C) groups is 1. The summed E-state index contributed by atoms with van der Waals surface area (Å²) in [5, 5.41) is 20.0. The molecule has 3 aliphatic rings. The van der Waals surface area contributed by atoms with Crippen LogP contribution in [0.5, 0.6) is 11.5 Å². The first-order valence-corrected chi connectivity index (χ1v) is 8.59. The molecule has 0 saturated carbocycles. The Hall–Kier alpha value is -1.68. The van der Waals surface area contributed by atoms with Crippen molar-refractivity contribution >= 4 is 18.0 Å². The van der Waals surface area contributed by atoms with Crippen molar-refractivity contribution in [1.82, 2.24) is 0 Å². The van der Waals surface area contributed by atoms with Crippen LogP contribution in [0.2, 0.25) is 0 Å². The third-order valence-electron chi connectivity index (χ3n) is 5.03. The number of hydrogen-bond acceptors (Lipinski definition) is 4. The van der Waals surface area contributed by atoms with Gasteiger partial charge in [-0.05, 0) is 42.5 Å². The molecule has 0 bridgehead atoms.